The molecule has 0 aromatic heterocycles. The van der Waals surface area contributed by atoms with Crippen LogP contribution in [-0.2, 0) is 4.79 Å². The number of nitrogens with one attached hydrogen (secondary N) is 2. The Labute approximate surface area is 119 Å². The predicted molar refractivity (Wildman–Crippen MR) is 72.2 cm³/mol. The molecule has 2 atom stereocenters. The van der Waals surface area contributed by atoms with Crippen molar-refractivity contribution in [1.82, 2.24) is 5.32 Å². The Morgan fingerprint density at radius 3 is 2.75 bits per heavy atom. The van der Waals surface area contributed by atoms with Gasteiger partial charge in [-0.15, -0.1) is 0 Å². The number of hydrogen-bond acceptors (Lipinski definition) is 2. The van der Waals surface area contributed by atoms with Gasteiger partial charge in [-0.25, -0.2) is 9.18 Å². The van der Waals surface area contributed by atoms with Crippen molar-refractivity contribution in [2.24, 2.45) is 5.92 Å². The Balaban J connectivity index is 1.92. The van der Waals surface area contributed by atoms with Crippen molar-refractivity contribution < 1.29 is 19.1 Å². The highest BCUT2D eigenvalue weighted by Crippen LogP contribution is 2.22. The molecule has 0 fully saturated rings. The maximum Gasteiger partial charge on any atom is 0.319 e. The molecule has 7 heteroatoms. The molecule has 5 nitrogen and oxygen atoms in total. The van der Waals surface area contributed by atoms with Crippen LogP contribution in [0.3, 0.4) is 0 Å². The molecule has 2 amide bonds. The molecule has 2 unspecified atom stereocenters. The second-order valence-corrected chi connectivity index (χ2v) is 4.78. The summed E-state index contributed by atoms with van der Waals surface area (Å²) in [6.07, 6.45) is 3.40. The first-order valence-electron chi connectivity index (χ1n) is 5.90. The average molecular weight is 299 g/mol. The molecule has 0 spiro atoms. The van der Waals surface area contributed by atoms with Crippen molar-refractivity contribution in [3.05, 3.63) is 41.2 Å². The number of carbonyl (C=O) groups excluding carboxylic acids is 1. The molecule has 0 radical (unpaired) electrons. The Morgan fingerprint density at radius 2 is 2.10 bits per heavy atom. The van der Waals surface area contributed by atoms with Gasteiger partial charge in [0.1, 0.15) is 0 Å². The molecule has 1 aliphatic rings. The van der Waals surface area contributed by atoms with Gasteiger partial charge in [0.25, 0.3) is 0 Å². The number of anilines is 1. The van der Waals surface area contributed by atoms with E-state index in [1.807, 2.05) is 0 Å². The minimum atomic E-state index is -0.938. The summed E-state index contributed by atoms with van der Waals surface area (Å²) in [6, 6.07) is 3.25. The highest BCUT2D eigenvalue weighted by Gasteiger charge is 2.25. The Bertz CT molecular complexity index is 577. The lowest BCUT2D eigenvalue weighted by atomic mass is 10.1. The van der Waals surface area contributed by atoms with E-state index in [0.29, 0.717) is 0 Å². The average Bonchev–Trinajstić information content (AvgIpc) is 2.83. The molecule has 106 valence electrons. The number of carboxylic acids is 1. The highest BCUT2D eigenvalue weighted by molar-refractivity contribution is 6.31. The summed E-state index contributed by atoms with van der Waals surface area (Å²) in [7, 11) is 0. The van der Waals surface area contributed by atoms with Crippen molar-refractivity contribution in [3.8, 4) is 0 Å². The molecule has 0 saturated carbocycles. The van der Waals surface area contributed by atoms with E-state index in [9.17, 15) is 14.0 Å². The lowest BCUT2D eigenvalue weighted by Crippen LogP contribution is -2.36. The Kier molecular flexibility index (Phi) is 4.24. The number of aliphatic carboxylic acids is 1. The molecular weight excluding hydrogens is 287 g/mol. The van der Waals surface area contributed by atoms with Crippen molar-refractivity contribution in [2.75, 3.05) is 5.32 Å². The molecule has 1 aliphatic carbocycles. The molecule has 2 rings (SSSR count). The molecule has 1 aromatic rings. The summed E-state index contributed by atoms with van der Waals surface area (Å²) >= 11 is 5.60. The Morgan fingerprint density at radius 1 is 1.35 bits per heavy atom. The topological polar surface area (TPSA) is 78.4 Å². The summed E-state index contributed by atoms with van der Waals surface area (Å²) in [4.78, 5) is 22.5. The van der Waals surface area contributed by atoms with E-state index in [0.717, 1.165) is 0 Å². The van der Waals surface area contributed by atoms with Crippen molar-refractivity contribution in [3.63, 3.8) is 0 Å². The highest BCUT2D eigenvalue weighted by atomic mass is 35.5. The van der Waals surface area contributed by atoms with Gasteiger partial charge in [0, 0.05) is 0 Å². The number of benzene rings is 1. The first-order valence-corrected chi connectivity index (χ1v) is 6.28. The van der Waals surface area contributed by atoms with Gasteiger partial charge in [0.15, 0.2) is 5.82 Å². The van der Waals surface area contributed by atoms with Crippen LogP contribution in [-0.4, -0.2) is 23.1 Å². The fourth-order valence-corrected chi connectivity index (χ4v) is 2.09. The van der Waals surface area contributed by atoms with Crippen LogP contribution in [0.5, 0.6) is 0 Å². The normalized spacial score (nSPS) is 20.7. The van der Waals surface area contributed by atoms with Gasteiger partial charge in [0.05, 0.1) is 22.7 Å². The van der Waals surface area contributed by atoms with Crippen LogP contribution in [0.1, 0.15) is 6.42 Å². The third-order valence-electron chi connectivity index (χ3n) is 2.92. The molecule has 1 aromatic carbocycles. The number of hydrogen-bond donors (Lipinski definition) is 3. The first kappa shape index (κ1) is 14.3. The lowest BCUT2D eigenvalue weighted by molar-refractivity contribution is -0.140. The van der Waals surface area contributed by atoms with Crippen LogP contribution in [0, 0.1) is 11.7 Å². The minimum Gasteiger partial charge on any atom is -0.481 e. The zero-order valence-corrected chi connectivity index (χ0v) is 11.0. The summed E-state index contributed by atoms with van der Waals surface area (Å²) in [5.41, 5.74) is -0.0354. The number of carboxylic acid groups (broad SMARTS) is 1. The van der Waals surface area contributed by atoms with E-state index in [-0.39, 0.29) is 17.1 Å². The second-order valence-electron chi connectivity index (χ2n) is 4.37. The third kappa shape index (κ3) is 3.27. The van der Waals surface area contributed by atoms with Crippen molar-refractivity contribution in [2.45, 2.75) is 12.5 Å². The second kappa shape index (κ2) is 5.92. The van der Waals surface area contributed by atoms with Gasteiger partial charge in [0.2, 0.25) is 0 Å². The predicted octanol–water partition coefficient (Wildman–Crippen LogP) is 2.63. The monoisotopic (exact) mass is 298 g/mol. The number of amides is 2. The summed E-state index contributed by atoms with van der Waals surface area (Å²) in [6.45, 7) is 0. The van der Waals surface area contributed by atoms with E-state index in [1.165, 1.54) is 24.3 Å². The smallest absolute Gasteiger partial charge is 0.319 e. The standard InChI is InChI=1S/C13H12ClFN2O3/c14-9-2-1-3-10(11(9)15)17-13(20)16-8-5-4-7(6-8)12(18)19/h1-5,7-8H,6H2,(H,18,19)(H2,16,17,20). The maximum atomic E-state index is 13.6. The van der Waals surface area contributed by atoms with E-state index in [2.05, 4.69) is 10.6 Å². The van der Waals surface area contributed by atoms with E-state index < -0.39 is 29.8 Å². The zero-order chi connectivity index (χ0) is 14.7. The fourth-order valence-electron chi connectivity index (χ4n) is 1.92. The first-order chi connectivity index (χ1) is 9.47. The van der Waals surface area contributed by atoms with E-state index in [1.54, 1.807) is 6.08 Å². The number of halogens is 2. The van der Waals surface area contributed by atoms with Gasteiger partial charge in [-0.2, -0.15) is 0 Å². The number of rotatable bonds is 3. The summed E-state index contributed by atoms with van der Waals surface area (Å²) in [5.74, 6) is -2.26. The largest absolute Gasteiger partial charge is 0.481 e. The van der Waals surface area contributed by atoms with Gasteiger partial charge >= 0.3 is 12.0 Å². The van der Waals surface area contributed by atoms with E-state index in [4.69, 9.17) is 16.7 Å². The maximum absolute atomic E-state index is 13.6. The Hall–Kier alpha value is -2.08. The fraction of sp³-hybridized carbons (Fsp3) is 0.231. The molecule has 0 heterocycles. The minimum absolute atomic E-state index is 0.0354. The van der Waals surface area contributed by atoms with Crippen molar-refractivity contribution in [1.29, 1.82) is 0 Å². The molecule has 0 saturated heterocycles. The molecule has 20 heavy (non-hydrogen) atoms. The SMILES string of the molecule is O=C(Nc1cccc(Cl)c1F)NC1C=CC(C(=O)O)C1. The molecule has 0 aliphatic heterocycles. The van der Waals surface area contributed by atoms with E-state index >= 15 is 0 Å². The van der Waals surface area contributed by atoms with Crippen LogP contribution >= 0.6 is 11.6 Å². The van der Waals surface area contributed by atoms with Gasteiger partial charge in [-0.1, -0.05) is 29.8 Å². The molecule has 3 N–H and O–H groups in total. The van der Waals surface area contributed by atoms with Gasteiger partial charge in [-0.3, -0.25) is 4.79 Å². The third-order valence-corrected chi connectivity index (χ3v) is 3.21. The summed E-state index contributed by atoms with van der Waals surface area (Å²) < 4.78 is 13.6. The van der Waals surface area contributed by atoms with Crippen LogP contribution in [0.15, 0.2) is 30.4 Å². The van der Waals surface area contributed by atoms with Crippen molar-refractivity contribution >= 4 is 29.3 Å². The van der Waals surface area contributed by atoms with Gasteiger partial charge in [-0.05, 0) is 18.6 Å². The molecule has 0 bridgehead atoms. The number of urea groups is 1. The van der Waals surface area contributed by atoms with Crippen LogP contribution in [0.4, 0.5) is 14.9 Å². The quantitative estimate of drug-likeness (QED) is 0.751. The molecular formula is C13H12ClFN2O3. The lowest BCUT2D eigenvalue weighted by Gasteiger charge is -2.13. The van der Waals surface area contributed by atoms with Crippen LogP contribution < -0.4 is 10.6 Å². The summed E-state index contributed by atoms with van der Waals surface area (Å²) in [5, 5.41) is 13.6. The zero-order valence-electron chi connectivity index (χ0n) is 10.3. The van der Waals surface area contributed by atoms with Gasteiger partial charge < -0.3 is 15.7 Å². The van der Waals surface area contributed by atoms with Crippen LogP contribution in [0.25, 0.3) is 0 Å². The van der Waals surface area contributed by atoms with Crippen LogP contribution in [0.2, 0.25) is 5.02 Å². The number of carbonyl (C=O) groups is 2.